The van der Waals surface area contributed by atoms with Gasteiger partial charge in [-0.1, -0.05) is 31.2 Å². The Kier molecular flexibility index (Phi) is 7.76. The van der Waals surface area contributed by atoms with Gasteiger partial charge in [-0.15, -0.1) is 0 Å². The van der Waals surface area contributed by atoms with Gasteiger partial charge in [-0.2, -0.15) is 0 Å². The molecular weight excluding hydrogens is 417 g/mol. The number of halogens is 1. The molecule has 2 aliphatic heterocycles. The number of benzene rings is 2. The van der Waals surface area contributed by atoms with E-state index in [0.717, 1.165) is 49.6 Å². The number of hydrogen-bond donors (Lipinski definition) is 1. The van der Waals surface area contributed by atoms with Crippen LogP contribution >= 0.6 is 0 Å². The van der Waals surface area contributed by atoms with Gasteiger partial charge in [0.05, 0.1) is 12.3 Å². The first kappa shape index (κ1) is 23.4. The number of hydrogen-bond acceptors (Lipinski definition) is 3. The number of anilines is 1. The van der Waals surface area contributed by atoms with Gasteiger partial charge in [0.15, 0.2) is 0 Å². The summed E-state index contributed by atoms with van der Waals surface area (Å²) in [5.41, 5.74) is 2.84. The molecule has 2 saturated heterocycles. The first-order chi connectivity index (χ1) is 16.0. The topological polar surface area (TPSA) is 52.7 Å². The van der Waals surface area contributed by atoms with Crippen molar-refractivity contribution in [1.82, 2.24) is 9.80 Å². The molecule has 2 heterocycles. The Hall–Kier alpha value is -2.73. The van der Waals surface area contributed by atoms with Crippen LogP contribution in [0.25, 0.3) is 0 Å². The van der Waals surface area contributed by atoms with Gasteiger partial charge in [-0.25, -0.2) is 4.39 Å². The van der Waals surface area contributed by atoms with E-state index >= 15 is 0 Å². The van der Waals surface area contributed by atoms with E-state index in [0.29, 0.717) is 13.1 Å². The summed E-state index contributed by atoms with van der Waals surface area (Å²) in [5, 5.41) is 3.03. The van der Waals surface area contributed by atoms with Gasteiger partial charge in [0.25, 0.3) is 0 Å². The Morgan fingerprint density at radius 3 is 2.30 bits per heavy atom. The summed E-state index contributed by atoms with van der Waals surface area (Å²) in [6, 6.07) is 14.1. The lowest BCUT2D eigenvalue weighted by Gasteiger charge is -2.32. The van der Waals surface area contributed by atoms with Crippen molar-refractivity contribution in [3.05, 3.63) is 65.5 Å². The molecule has 4 rings (SSSR count). The Balaban J connectivity index is 1.27. The van der Waals surface area contributed by atoms with Crippen molar-refractivity contribution < 1.29 is 14.0 Å². The summed E-state index contributed by atoms with van der Waals surface area (Å²) in [7, 11) is 0. The fourth-order valence-electron chi connectivity index (χ4n) is 4.72. The van der Waals surface area contributed by atoms with Crippen LogP contribution in [0.3, 0.4) is 0 Å². The first-order valence-electron chi connectivity index (χ1n) is 12.1. The smallest absolute Gasteiger partial charge is 0.229 e. The van der Waals surface area contributed by atoms with Crippen LogP contribution in [0, 0.1) is 17.7 Å². The molecule has 0 aliphatic carbocycles. The largest absolute Gasteiger partial charge is 0.342 e. The molecule has 2 aromatic carbocycles. The number of carbonyl (C=O) groups excluding carboxylic acids is 2. The van der Waals surface area contributed by atoms with E-state index in [4.69, 9.17) is 0 Å². The summed E-state index contributed by atoms with van der Waals surface area (Å²) < 4.78 is 13.1. The molecule has 1 atom stereocenters. The van der Waals surface area contributed by atoms with E-state index in [2.05, 4.69) is 29.3 Å². The molecule has 2 fully saturated rings. The number of carbonyl (C=O) groups is 2. The van der Waals surface area contributed by atoms with Gasteiger partial charge >= 0.3 is 0 Å². The van der Waals surface area contributed by atoms with Crippen molar-refractivity contribution >= 4 is 17.5 Å². The molecule has 0 radical (unpaired) electrons. The van der Waals surface area contributed by atoms with Gasteiger partial charge in [-0.3, -0.25) is 14.5 Å². The minimum atomic E-state index is -0.310. The van der Waals surface area contributed by atoms with E-state index in [9.17, 15) is 14.0 Å². The van der Waals surface area contributed by atoms with Crippen molar-refractivity contribution in [2.24, 2.45) is 11.8 Å². The predicted molar refractivity (Wildman–Crippen MR) is 128 cm³/mol. The highest BCUT2D eigenvalue weighted by molar-refractivity contribution is 5.93. The quantitative estimate of drug-likeness (QED) is 0.705. The van der Waals surface area contributed by atoms with Crippen LogP contribution < -0.4 is 5.32 Å². The van der Waals surface area contributed by atoms with Crippen molar-refractivity contribution in [3.8, 4) is 0 Å². The highest BCUT2D eigenvalue weighted by atomic mass is 19.1. The van der Waals surface area contributed by atoms with Crippen LogP contribution in [0.2, 0.25) is 0 Å². The zero-order chi connectivity index (χ0) is 23.2. The number of piperidine rings is 2. The number of nitrogens with zero attached hydrogens (tertiary/aromatic N) is 2. The molecule has 5 nitrogen and oxygen atoms in total. The Labute approximate surface area is 196 Å². The van der Waals surface area contributed by atoms with Gasteiger partial charge in [0, 0.05) is 25.3 Å². The van der Waals surface area contributed by atoms with E-state index in [1.54, 1.807) is 17.0 Å². The number of likely N-dealkylation sites (tertiary alicyclic amines) is 2. The molecule has 6 heteroatoms. The summed E-state index contributed by atoms with van der Waals surface area (Å²) >= 11 is 0. The van der Waals surface area contributed by atoms with Crippen LogP contribution in [0.1, 0.15) is 43.7 Å². The van der Waals surface area contributed by atoms with Crippen molar-refractivity contribution in [2.45, 2.75) is 45.6 Å². The fourth-order valence-corrected chi connectivity index (χ4v) is 4.72. The minimum absolute atomic E-state index is 0.0180. The molecule has 1 N–H and O–H groups in total. The third-order valence-corrected chi connectivity index (χ3v) is 6.92. The maximum absolute atomic E-state index is 13.1. The number of nitrogens with one attached hydrogen (secondary N) is 1. The van der Waals surface area contributed by atoms with E-state index in [1.165, 1.54) is 30.5 Å². The molecule has 0 spiro atoms. The van der Waals surface area contributed by atoms with Crippen LogP contribution in [-0.2, 0) is 22.6 Å². The zero-order valence-corrected chi connectivity index (χ0v) is 19.4. The second-order valence-electron chi connectivity index (χ2n) is 9.63. The minimum Gasteiger partial charge on any atom is -0.342 e. The van der Waals surface area contributed by atoms with Crippen molar-refractivity contribution in [2.75, 3.05) is 31.5 Å². The fraction of sp³-hybridized carbons (Fsp3) is 0.481. The second-order valence-corrected chi connectivity index (χ2v) is 9.63. The molecule has 2 aromatic rings. The lowest BCUT2D eigenvalue weighted by molar-refractivity contribution is -0.133. The lowest BCUT2D eigenvalue weighted by Crippen LogP contribution is -2.44. The molecule has 2 aliphatic rings. The van der Waals surface area contributed by atoms with Crippen LogP contribution in [0.15, 0.2) is 48.5 Å². The van der Waals surface area contributed by atoms with Crippen LogP contribution in [0.5, 0.6) is 0 Å². The second kappa shape index (κ2) is 10.9. The van der Waals surface area contributed by atoms with Crippen molar-refractivity contribution in [1.29, 1.82) is 0 Å². The molecule has 0 aromatic heterocycles. The molecule has 0 bridgehead atoms. The monoisotopic (exact) mass is 451 g/mol. The number of amides is 2. The summed E-state index contributed by atoms with van der Waals surface area (Å²) in [6.45, 7) is 6.66. The molecule has 33 heavy (non-hydrogen) atoms. The van der Waals surface area contributed by atoms with Gasteiger partial charge < -0.3 is 10.2 Å². The van der Waals surface area contributed by atoms with Gasteiger partial charge in [0.2, 0.25) is 11.8 Å². The summed E-state index contributed by atoms with van der Waals surface area (Å²) in [4.78, 5) is 29.8. The Bertz CT molecular complexity index is 937. The zero-order valence-electron chi connectivity index (χ0n) is 19.4. The maximum atomic E-state index is 13.1. The number of rotatable bonds is 6. The average Bonchev–Trinajstić information content (AvgIpc) is 2.83. The first-order valence-corrected chi connectivity index (χ1v) is 12.1. The van der Waals surface area contributed by atoms with E-state index < -0.39 is 0 Å². The van der Waals surface area contributed by atoms with Gasteiger partial charge in [-0.05, 0) is 80.1 Å². The molecule has 0 saturated carbocycles. The summed E-state index contributed by atoms with van der Waals surface area (Å²) in [6.07, 6.45) is 4.34. The van der Waals surface area contributed by atoms with Crippen LogP contribution in [0.4, 0.5) is 10.1 Å². The molecule has 2 amide bonds. The summed E-state index contributed by atoms with van der Waals surface area (Å²) in [5.74, 6) is 0.247. The highest BCUT2D eigenvalue weighted by Gasteiger charge is 2.28. The van der Waals surface area contributed by atoms with Crippen LogP contribution in [-0.4, -0.2) is 47.8 Å². The maximum Gasteiger partial charge on any atom is 0.229 e. The lowest BCUT2D eigenvalue weighted by atomic mass is 9.96. The van der Waals surface area contributed by atoms with Crippen molar-refractivity contribution in [3.63, 3.8) is 0 Å². The van der Waals surface area contributed by atoms with E-state index in [1.807, 2.05) is 12.1 Å². The molecular formula is C27H34FN3O2. The third kappa shape index (κ3) is 6.64. The molecule has 1 unspecified atom stereocenters. The Morgan fingerprint density at radius 2 is 1.61 bits per heavy atom. The third-order valence-electron chi connectivity index (χ3n) is 6.92. The SMILES string of the molecule is CC1CCN(Cc2ccc(NC(=O)C3CCCN(C(=O)Cc4ccc(F)cc4)C3)cc2)CC1. The highest BCUT2D eigenvalue weighted by Crippen LogP contribution is 2.22. The van der Waals surface area contributed by atoms with Gasteiger partial charge in [0.1, 0.15) is 5.82 Å². The Morgan fingerprint density at radius 1 is 0.939 bits per heavy atom. The standard InChI is InChI=1S/C27H34FN3O2/c1-20-12-15-30(16-13-20)18-22-6-10-25(11-7-22)29-27(33)23-3-2-14-31(19-23)26(32)17-21-4-8-24(28)9-5-21/h4-11,20,23H,2-3,12-19H2,1H3,(H,29,33). The average molecular weight is 452 g/mol. The van der Waals surface area contributed by atoms with E-state index in [-0.39, 0.29) is 30.0 Å². The molecule has 176 valence electrons. The predicted octanol–water partition coefficient (Wildman–Crippen LogP) is 4.48. The normalized spacial score (nSPS) is 19.9.